The van der Waals surface area contributed by atoms with Crippen molar-refractivity contribution in [1.29, 1.82) is 0 Å². The van der Waals surface area contributed by atoms with E-state index in [0.29, 0.717) is 12.8 Å². The van der Waals surface area contributed by atoms with Crippen LogP contribution in [0.1, 0.15) is 53.9 Å². The Hall–Kier alpha value is -1.19. The van der Waals surface area contributed by atoms with Crippen LogP contribution in [0.3, 0.4) is 0 Å². The molecule has 0 aromatic carbocycles. The van der Waals surface area contributed by atoms with Crippen LogP contribution in [-0.4, -0.2) is 23.1 Å². The average molecular weight is 242 g/mol. The number of Topliss-reactive ketones (excluding diaryl/α,β-unsaturated/α-hetero) is 2. The van der Waals surface area contributed by atoms with Gasteiger partial charge in [-0.2, -0.15) is 0 Å². The molecule has 0 aliphatic carbocycles. The Balaban J connectivity index is 4.43. The number of esters is 1. The Morgan fingerprint density at radius 3 is 1.94 bits per heavy atom. The molecule has 0 spiro atoms. The number of hydrogen-bond acceptors (Lipinski definition) is 4. The van der Waals surface area contributed by atoms with Crippen LogP contribution in [0.25, 0.3) is 0 Å². The van der Waals surface area contributed by atoms with Crippen molar-refractivity contribution in [3.8, 4) is 0 Å². The highest BCUT2D eigenvalue weighted by Gasteiger charge is 2.29. The van der Waals surface area contributed by atoms with Gasteiger partial charge in [-0.25, -0.2) is 4.79 Å². The number of ether oxygens (including phenoxy) is 1. The zero-order valence-corrected chi connectivity index (χ0v) is 11.3. The number of rotatable bonds is 7. The maximum atomic E-state index is 11.5. The summed E-state index contributed by atoms with van der Waals surface area (Å²) in [5, 5.41) is 0. The topological polar surface area (TPSA) is 60.4 Å². The first-order chi connectivity index (χ1) is 7.75. The number of hydrogen-bond donors (Lipinski definition) is 0. The molecule has 0 N–H and O–H groups in total. The molecular formula is C13H22O4. The Bertz CT molecular complexity index is 301. The Morgan fingerprint density at radius 1 is 1.12 bits per heavy atom. The minimum atomic E-state index is -0.898. The van der Waals surface area contributed by atoms with E-state index in [-0.39, 0.29) is 18.1 Å². The first kappa shape index (κ1) is 15.8. The van der Waals surface area contributed by atoms with Crippen molar-refractivity contribution < 1.29 is 19.1 Å². The summed E-state index contributed by atoms with van der Waals surface area (Å²) in [6, 6.07) is 0. The van der Waals surface area contributed by atoms with Gasteiger partial charge < -0.3 is 4.74 Å². The van der Waals surface area contributed by atoms with Gasteiger partial charge in [0.2, 0.25) is 5.78 Å². The van der Waals surface area contributed by atoms with Gasteiger partial charge in [-0.3, -0.25) is 9.59 Å². The van der Waals surface area contributed by atoms with E-state index in [9.17, 15) is 14.4 Å². The molecule has 17 heavy (non-hydrogen) atoms. The minimum Gasteiger partial charge on any atom is -0.454 e. The number of carbonyl (C=O) groups excluding carboxylic acids is 3. The van der Waals surface area contributed by atoms with Gasteiger partial charge in [0.1, 0.15) is 11.4 Å². The molecule has 0 aromatic heterocycles. The quantitative estimate of drug-likeness (QED) is 0.390. The van der Waals surface area contributed by atoms with Crippen molar-refractivity contribution in [2.75, 3.05) is 0 Å². The second kappa shape index (κ2) is 6.52. The fraction of sp³-hybridized carbons (Fsp3) is 0.769. The molecule has 98 valence electrons. The zero-order chi connectivity index (χ0) is 13.6. The van der Waals surface area contributed by atoms with Gasteiger partial charge in [0.25, 0.3) is 0 Å². The molecule has 0 bridgehead atoms. The molecule has 0 amide bonds. The molecular weight excluding hydrogens is 220 g/mol. The molecule has 0 atom stereocenters. The molecule has 0 saturated heterocycles. The van der Waals surface area contributed by atoms with Crippen molar-refractivity contribution in [3.63, 3.8) is 0 Å². The third kappa shape index (κ3) is 5.11. The van der Waals surface area contributed by atoms with E-state index in [1.54, 1.807) is 20.8 Å². The normalized spacial score (nSPS) is 11.4. The van der Waals surface area contributed by atoms with Crippen molar-refractivity contribution in [3.05, 3.63) is 0 Å². The van der Waals surface area contributed by atoms with Crippen LogP contribution < -0.4 is 0 Å². The second-order valence-corrected chi connectivity index (χ2v) is 4.77. The van der Waals surface area contributed by atoms with Crippen molar-refractivity contribution >= 4 is 17.5 Å². The minimum absolute atomic E-state index is 0.235. The van der Waals surface area contributed by atoms with Crippen LogP contribution in [0.15, 0.2) is 0 Å². The van der Waals surface area contributed by atoms with Crippen LogP contribution in [0.2, 0.25) is 0 Å². The van der Waals surface area contributed by atoms with Gasteiger partial charge >= 0.3 is 5.97 Å². The van der Waals surface area contributed by atoms with E-state index in [0.717, 1.165) is 0 Å². The average Bonchev–Trinajstić information content (AvgIpc) is 2.28. The maximum Gasteiger partial charge on any atom is 0.375 e. The van der Waals surface area contributed by atoms with E-state index in [2.05, 4.69) is 0 Å². The van der Waals surface area contributed by atoms with Gasteiger partial charge in [-0.15, -0.1) is 0 Å². The highest BCUT2D eigenvalue weighted by atomic mass is 16.6. The molecule has 0 aliphatic rings. The van der Waals surface area contributed by atoms with Crippen LogP contribution in [0.4, 0.5) is 0 Å². The van der Waals surface area contributed by atoms with E-state index >= 15 is 0 Å². The number of ketones is 2. The molecule has 4 nitrogen and oxygen atoms in total. The zero-order valence-electron chi connectivity index (χ0n) is 11.3. The van der Waals surface area contributed by atoms with Crippen LogP contribution in [0, 0.1) is 5.92 Å². The molecule has 0 rings (SSSR count). The largest absolute Gasteiger partial charge is 0.454 e. The summed E-state index contributed by atoms with van der Waals surface area (Å²) in [4.78, 5) is 34.3. The van der Waals surface area contributed by atoms with Gasteiger partial charge in [0.05, 0.1) is 6.42 Å². The summed E-state index contributed by atoms with van der Waals surface area (Å²) >= 11 is 0. The molecule has 0 aliphatic heterocycles. The summed E-state index contributed by atoms with van der Waals surface area (Å²) < 4.78 is 5.14. The smallest absolute Gasteiger partial charge is 0.375 e. The third-order valence-electron chi connectivity index (χ3n) is 3.04. The lowest BCUT2D eigenvalue weighted by Crippen LogP contribution is -2.34. The first-order valence-electron chi connectivity index (χ1n) is 6.04. The molecule has 0 radical (unpaired) electrons. The Morgan fingerprint density at radius 2 is 1.59 bits per heavy atom. The molecule has 0 heterocycles. The Kier molecular flexibility index (Phi) is 6.07. The molecule has 0 unspecified atom stereocenters. The fourth-order valence-corrected chi connectivity index (χ4v) is 1.11. The van der Waals surface area contributed by atoms with Gasteiger partial charge in [0.15, 0.2) is 0 Å². The summed E-state index contributed by atoms with van der Waals surface area (Å²) in [5.41, 5.74) is -0.617. The second-order valence-electron chi connectivity index (χ2n) is 4.77. The van der Waals surface area contributed by atoms with Gasteiger partial charge in [-0.05, 0) is 19.8 Å². The predicted molar refractivity (Wildman–Crippen MR) is 64.5 cm³/mol. The summed E-state index contributed by atoms with van der Waals surface area (Å²) in [6.45, 7) is 8.95. The highest BCUT2D eigenvalue weighted by Crippen LogP contribution is 2.19. The van der Waals surface area contributed by atoms with Crippen LogP contribution in [-0.2, 0) is 19.1 Å². The van der Waals surface area contributed by atoms with E-state index in [4.69, 9.17) is 4.74 Å². The van der Waals surface area contributed by atoms with Crippen molar-refractivity contribution in [2.45, 2.75) is 59.5 Å². The van der Waals surface area contributed by atoms with Crippen LogP contribution in [0.5, 0.6) is 0 Å². The summed E-state index contributed by atoms with van der Waals surface area (Å²) in [7, 11) is 0. The molecule has 0 fully saturated rings. The molecule has 0 aromatic rings. The van der Waals surface area contributed by atoms with Crippen LogP contribution >= 0.6 is 0 Å². The standard InChI is InChI=1S/C13H22O4/c1-6-13(5,7-2)17-12(16)11(15)8-10(14)9(3)4/h9H,6-8H2,1-5H3. The lowest BCUT2D eigenvalue weighted by molar-refractivity contribution is -0.166. The van der Waals surface area contributed by atoms with E-state index in [1.807, 2.05) is 13.8 Å². The fourth-order valence-electron chi connectivity index (χ4n) is 1.11. The molecule has 4 heteroatoms. The summed E-state index contributed by atoms with van der Waals surface area (Å²) in [5.74, 6) is -2.13. The predicted octanol–water partition coefficient (Wildman–Crippen LogP) is 2.29. The monoisotopic (exact) mass is 242 g/mol. The third-order valence-corrected chi connectivity index (χ3v) is 3.04. The van der Waals surface area contributed by atoms with Crippen molar-refractivity contribution in [2.24, 2.45) is 5.92 Å². The number of carbonyl (C=O) groups is 3. The van der Waals surface area contributed by atoms with E-state index in [1.165, 1.54) is 0 Å². The Labute approximate surface area is 103 Å². The highest BCUT2D eigenvalue weighted by molar-refractivity contribution is 6.37. The van der Waals surface area contributed by atoms with Crippen molar-refractivity contribution in [1.82, 2.24) is 0 Å². The SMILES string of the molecule is CCC(C)(CC)OC(=O)C(=O)CC(=O)C(C)C. The maximum absolute atomic E-state index is 11.5. The lowest BCUT2D eigenvalue weighted by atomic mass is 9.99. The van der Waals surface area contributed by atoms with Gasteiger partial charge in [-0.1, -0.05) is 27.7 Å². The summed E-state index contributed by atoms with van der Waals surface area (Å²) in [6.07, 6.45) is 0.918. The molecule has 0 saturated carbocycles. The van der Waals surface area contributed by atoms with Gasteiger partial charge in [0, 0.05) is 5.92 Å². The first-order valence-corrected chi connectivity index (χ1v) is 6.04. The van der Waals surface area contributed by atoms with E-state index < -0.39 is 17.4 Å². The lowest BCUT2D eigenvalue weighted by Gasteiger charge is -2.26.